The zero-order chi connectivity index (χ0) is 15.1. The summed E-state index contributed by atoms with van der Waals surface area (Å²) in [4.78, 5) is 19.4. The van der Waals surface area contributed by atoms with E-state index in [0.717, 1.165) is 11.8 Å². The van der Waals surface area contributed by atoms with Gasteiger partial charge in [0.1, 0.15) is 5.82 Å². The molecule has 2 aromatic rings. The van der Waals surface area contributed by atoms with E-state index >= 15 is 0 Å². The normalized spacial score (nSPS) is 10.8. The SMILES string of the molecule is O=C(CSc1ncc(Cl)cn1)N/N=C/c1ccccc1F. The van der Waals surface area contributed by atoms with Gasteiger partial charge in [-0.1, -0.05) is 41.6 Å². The van der Waals surface area contributed by atoms with Gasteiger partial charge in [0.25, 0.3) is 5.91 Å². The van der Waals surface area contributed by atoms with Gasteiger partial charge in [-0.25, -0.2) is 19.8 Å². The molecule has 1 aromatic carbocycles. The number of carbonyl (C=O) groups is 1. The van der Waals surface area contributed by atoms with Crippen LogP contribution in [0.2, 0.25) is 5.02 Å². The number of amides is 1. The molecule has 5 nitrogen and oxygen atoms in total. The summed E-state index contributed by atoms with van der Waals surface area (Å²) in [6.07, 6.45) is 4.15. The van der Waals surface area contributed by atoms with Crippen LogP contribution in [0.1, 0.15) is 5.56 Å². The first-order valence-electron chi connectivity index (χ1n) is 5.82. The Balaban J connectivity index is 1.80. The standard InChI is InChI=1S/C13H10ClFN4OS/c14-10-6-16-13(17-7-10)21-8-12(20)19-18-5-9-3-1-2-4-11(9)15/h1-7H,8H2,(H,19,20)/b18-5+. The number of nitrogens with one attached hydrogen (secondary N) is 1. The van der Waals surface area contributed by atoms with Crippen molar-refractivity contribution in [2.24, 2.45) is 5.10 Å². The van der Waals surface area contributed by atoms with E-state index in [1.165, 1.54) is 24.7 Å². The van der Waals surface area contributed by atoms with E-state index in [2.05, 4.69) is 20.5 Å². The summed E-state index contributed by atoms with van der Waals surface area (Å²) in [6, 6.07) is 6.13. The van der Waals surface area contributed by atoms with Crippen LogP contribution in [0.5, 0.6) is 0 Å². The molecule has 1 aromatic heterocycles. The Kier molecular flexibility index (Phi) is 5.65. The second-order valence-corrected chi connectivity index (χ2v) is 5.17. The zero-order valence-electron chi connectivity index (χ0n) is 10.7. The molecule has 0 saturated heterocycles. The molecule has 108 valence electrons. The van der Waals surface area contributed by atoms with E-state index in [1.807, 2.05) is 0 Å². The van der Waals surface area contributed by atoms with E-state index in [9.17, 15) is 9.18 Å². The van der Waals surface area contributed by atoms with Crippen molar-refractivity contribution in [2.75, 3.05) is 5.75 Å². The lowest BCUT2D eigenvalue weighted by molar-refractivity contribution is -0.118. The summed E-state index contributed by atoms with van der Waals surface area (Å²) in [6.45, 7) is 0. The Morgan fingerprint density at radius 1 is 1.38 bits per heavy atom. The average Bonchev–Trinajstić information content (AvgIpc) is 2.49. The van der Waals surface area contributed by atoms with Crippen LogP contribution < -0.4 is 5.43 Å². The van der Waals surface area contributed by atoms with Crippen LogP contribution >= 0.6 is 23.4 Å². The van der Waals surface area contributed by atoms with Crippen molar-refractivity contribution in [3.63, 3.8) is 0 Å². The predicted octanol–water partition coefficient (Wildman–Crippen LogP) is 2.51. The molecule has 1 heterocycles. The lowest BCUT2D eigenvalue weighted by Crippen LogP contribution is -2.19. The Hall–Kier alpha value is -1.99. The van der Waals surface area contributed by atoms with E-state index < -0.39 is 5.82 Å². The molecule has 1 amide bonds. The maximum Gasteiger partial charge on any atom is 0.250 e. The van der Waals surface area contributed by atoms with Crippen LogP contribution in [-0.2, 0) is 4.79 Å². The second-order valence-electron chi connectivity index (χ2n) is 3.79. The molecule has 0 bridgehead atoms. The van der Waals surface area contributed by atoms with E-state index in [0.29, 0.717) is 15.7 Å². The van der Waals surface area contributed by atoms with Gasteiger partial charge in [0.2, 0.25) is 0 Å². The Labute approximate surface area is 129 Å². The van der Waals surface area contributed by atoms with Gasteiger partial charge in [0, 0.05) is 5.56 Å². The fourth-order valence-electron chi connectivity index (χ4n) is 1.29. The smallest absolute Gasteiger partial charge is 0.250 e. The molecular formula is C13H10ClFN4OS. The molecule has 21 heavy (non-hydrogen) atoms. The third kappa shape index (κ3) is 5.13. The van der Waals surface area contributed by atoms with Gasteiger partial charge in [0.05, 0.1) is 29.4 Å². The average molecular weight is 325 g/mol. The second kappa shape index (κ2) is 7.70. The van der Waals surface area contributed by atoms with Crippen molar-refractivity contribution < 1.29 is 9.18 Å². The Morgan fingerprint density at radius 2 is 2.10 bits per heavy atom. The number of carbonyl (C=O) groups excluding carboxylic acids is 1. The molecule has 0 aliphatic heterocycles. The summed E-state index contributed by atoms with van der Waals surface area (Å²) >= 11 is 6.80. The number of nitrogens with zero attached hydrogens (tertiary/aromatic N) is 3. The van der Waals surface area contributed by atoms with Crippen LogP contribution in [0.25, 0.3) is 0 Å². The molecule has 0 saturated carbocycles. The number of hydrogen-bond donors (Lipinski definition) is 1. The van der Waals surface area contributed by atoms with Gasteiger partial charge in [0.15, 0.2) is 5.16 Å². The first-order chi connectivity index (χ1) is 10.1. The summed E-state index contributed by atoms with van der Waals surface area (Å²) in [7, 11) is 0. The molecule has 1 N–H and O–H groups in total. The third-order valence-electron chi connectivity index (χ3n) is 2.23. The quantitative estimate of drug-likeness (QED) is 0.397. The number of hydrazone groups is 1. The fraction of sp³-hybridized carbons (Fsp3) is 0.0769. The lowest BCUT2D eigenvalue weighted by Gasteiger charge is -1.99. The van der Waals surface area contributed by atoms with Gasteiger partial charge in [-0.15, -0.1) is 0 Å². The van der Waals surface area contributed by atoms with Crippen molar-refractivity contribution in [3.05, 3.63) is 53.1 Å². The monoisotopic (exact) mass is 324 g/mol. The summed E-state index contributed by atoms with van der Waals surface area (Å²) in [5.74, 6) is -0.651. The van der Waals surface area contributed by atoms with E-state index in [1.54, 1.807) is 18.2 Å². The van der Waals surface area contributed by atoms with Crippen molar-refractivity contribution in [1.29, 1.82) is 0 Å². The largest absolute Gasteiger partial charge is 0.272 e. The molecule has 0 unspecified atom stereocenters. The summed E-state index contributed by atoms with van der Waals surface area (Å²) in [5, 5.41) is 4.56. The van der Waals surface area contributed by atoms with Crippen molar-refractivity contribution in [3.8, 4) is 0 Å². The number of benzene rings is 1. The topological polar surface area (TPSA) is 67.2 Å². The lowest BCUT2D eigenvalue weighted by atomic mass is 10.2. The van der Waals surface area contributed by atoms with E-state index in [-0.39, 0.29) is 11.7 Å². The third-order valence-corrected chi connectivity index (χ3v) is 3.30. The van der Waals surface area contributed by atoms with Crippen LogP contribution in [0.15, 0.2) is 46.9 Å². The van der Waals surface area contributed by atoms with Crippen LogP contribution in [0.4, 0.5) is 4.39 Å². The maximum atomic E-state index is 13.3. The highest BCUT2D eigenvalue weighted by molar-refractivity contribution is 7.99. The summed E-state index contributed by atoms with van der Waals surface area (Å²) < 4.78 is 13.3. The highest BCUT2D eigenvalue weighted by atomic mass is 35.5. The van der Waals surface area contributed by atoms with Crippen molar-refractivity contribution in [1.82, 2.24) is 15.4 Å². The van der Waals surface area contributed by atoms with Gasteiger partial charge >= 0.3 is 0 Å². The molecule has 0 aliphatic rings. The Morgan fingerprint density at radius 3 is 2.81 bits per heavy atom. The predicted molar refractivity (Wildman–Crippen MR) is 79.9 cm³/mol. The first kappa shape index (κ1) is 15.4. The molecule has 0 atom stereocenters. The number of thioether (sulfide) groups is 1. The number of aromatic nitrogens is 2. The minimum atomic E-state index is -0.403. The fourth-order valence-corrected chi connectivity index (χ4v) is 1.97. The number of rotatable bonds is 5. The zero-order valence-corrected chi connectivity index (χ0v) is 12.2. The van der Waals surface area contributed by atoms with Gasteiger partial charge in [-0.3, -0.25) is 4.79 Å². The molecule has 0 fully saturated rings. The minimum absolute atomic E-state index is 0.0935. The number of halogens is 2. The van der Waals surface area contributed by atoms with Crippen LogP contribution in [-0.4, -0.2) is 27.8 Å². The van der Waals surface area contributed by atoms with Crippen LogP contribution in [0.3, 0.4) is 0 Å². The van der Waals surface area contributed by atoms with E-state index in [4.69, 9.17) is 11.6 Å². The molecule has 0 spiro atoms. The molecule has 8 heteroatoms. The molecular weight excluding hydrogens is 315 g/mol. The molecule has 0 radical (unpaired) electrons. The minimum Gasteiger partial charge on any atom is -0.272 e. The Bertz CT molecular complexity index is 651. The highest BCUT2D eigenvalue weighted by Gasteiger charge is 2.04. The molecule has 0 aliphatic carbocycles. The maximum absolute atomic E-state index is 13.3. The first-order valence-corrected chi connectivity index (χ1v) is 7.18. The van der Waals surface area contributed by atoms with Crippen molar-refractivity contribution in [2.45, 2.75) is 5.16 Å². The molecule has 2 rings (SSSR count). The van der Waals surface area contributed by atoms with Gasteiger partial charge in [-0.05, 0) is 6.07 Å². The number of hydrogen-bond acceptors (Lipinski definition) is 5. The highest BCUT2D eigenvalue weighted by Crippen LogP contribution is 2.13. The van der Waals surface area contributed by atoms with Crippen molar-refractivity contribution >= 4 is 35.5 Å². The van der Waals surface area contributed by atoms with Gasteiger partial charge in [-0.2, -0.15) is 5.10 Å². The van der Waals surface area contributed by atoms with Gasteiger partial charge < -0.3 is 0 Å². The van der Waals surface area contributed by atoms with Crippen LogP contribution in [0, 0.1) is 5.82 Å². The summed E-state index contributed by atoms with van der Waals surface area (Å²) in [5.41, 5.74) is 2.60.